The summed E-state index contributed by atoms with van der Waals surface area (Å²) in [5.74, 6) is 0.251. The topological polar surface area (TPSA) is 58.6 Å². The van der Waals surface area contributed by atoms with E-state index >= 15 is 0 Å². The molecule has 0 saturated heterocycles. The number of ether oxygens (including phenoxy) is 1. The highest BCUT2D eigenvalue weighted by atomic mass is 35.5. The molecule has 0 amide bonds. The number of rotatable bonds is 9. The van der Waals surface area contributed by atoms with Crippen LogP contribution in [0, 0.1) is 0 Å². The summed E-state index contributed by atoms with van der Waals surface area (Å²) >= 11 is 5.97. The molecule has 3 aromatic rings. The molecule has 0 unspecified atom stereocenters. The summed E-state index contributed by atoms with van der Waals surface area (Å²) < 4.78 is 5.06. The van der Waals surface area contributed by atoms with E-state index in [1.165, 1.54) is 18.1 Å². The number of benzene rings is 3. The molecule has 3 rings (SSSR count). The van der Waals surface area contributed by atoms with E-state index in [4.69, 9.17) is 16.3 Å². The Bertz CT molecular complexity index is 959. The summed E-state index contributed by atoms with van der Waals surface area (Å²) in [5.41, 5.74) is 4.45. The van der Waals surface area contributed by atoms with Crippen molar-refractivity contribution in [3.05, 3.63) is 100 Å². The summed E-state index contributed by atoms with van der Waals surface area (Å²) in [6.45, 7) is 2.67. The van der Waals surface area contributed by atoms with E-state index in [2.05, 4.69) is 29.6 Å². The Hall–Kier alpha value is -2.37. The van der Waals surface area contributed by atoms with Gasteiger partial charge in [0.1, 0.15) is 5.75 Å². The quantitative estimate of drug-likeness (QED) is 0.264. The molecule has 3 aromatic carbocycles. The molecule has 2 N–H and O–H groups in total. The van der Waals surface area contributed by atoms with Gasteiger partial charge in [-0.1, -0.05) is 60.1 Å². The lowest BCUT2D eigenvalue weighted by Gasteiger charge is -2.12. The van der Waals surface area contributed by atoms with Gasteiger partial charge in [0.25, 0.3) is 0 Å². The summed E-state index contributed by atoms with van der Waals surface area (Å²) in [4.78, 5) is 11.0. The van der Waals surface area contributed by atoms with Gasteiger partial charge in [0.15, 0.2) is 0 Å². The Morgan fingerprint density at radius 3 is 2.23 bits per heavy atom. The van der Waals surface area contributed by atoms with Crippen molar-refractivity contribution < 1.29 is 14.6 Å². The van der Waals surface area contributed by atoms with E-state index in [1.807, 2.05) is 36.4 Å². The molecule has 0 saturated carbocycles. The minimum absolute atomic E-state index is 0. The lowest BCUT2D eigenvalue weighted by molar-refractivity contribution is -0.131. The second kappa shape index (κ2) is 12.5. The molecule has 0 fully saturated rings. The molecular formula is C25H27Cl2NO3. The van der Waals surface area contributed by atoms with Crippen molar-refractivity contribution >= 4 is 30.0 Å². The maximum Gasteiger partial charge on any atom is 0.308 e. The number of carbonyl (C=O) groups excluding carboxylic acids is 1. The molecule has 0 spiro atoms. The van der Waals surface area contributed by atoms with Gasteiger partial charge in [-0.25, -0.2) is 0 Å². The van der Waals surface area contributed by atoms with Gasteiger partial charge in [0.2, 0.25) is 0 Å². The first-order valence-electron chi connectivity index (χ1n) is 9.99. The third-order valence-corrected chi connectivity index (χ3v) is 5.01. The van der Waals surface area contributed by atoms with Crippen molar-refractivity contribution in [1.29, 1.82) is 0 Å². The number of esters is 1. The first-order chi connectivity index (χ1) is 14.5. The fourth-order valence-corrected chi connectivity index (χ4v) is 3.40. The van der Waals surface area contributed by atoms with Crippen LogP contribution in [0.15, 0.2) is 72.8 Å². The number of aliphatic hydroxyl groups is 1. The van der Waals surface area contributed by atoms with Crippen LogP contribution >= 0.6 is 24.0 Å². The number of aliphatic hydroxyl groups excluding tert-OH is 1. The Balaban J connectivity index is 0.00000341. The molecule has 0 aromatic heterocycles. The van der Waals surface area contributed by atoms with Crippen LogP contribution in [-0.2, 0) is 17.6 Å². The lowest BCUT2D eigenvalue weighted by Crippen LogP contribution is -2.23. The number of carbonyl (C=O) groups is 1. The fraction of sp³-hybridized carbons (Fsp3) is 0.240. The summed E-state index contributed by atoms with van der Waals surface area (Å²) in [6.07, 6.45) is 1.14. The SMILES string of the molecule is CC(=O)Oc1ccc(Cc2ccc(CCNC[C@@H](O)c3cccc(Cl)c3)cc2)cc1.Cl. The third-order valence-electron chi connectivity index (χ3n) is 4.78. The third kappa shape index (κ3) is 8.35. The highest BCUT2D eigenvalue weighted by Gasteiger charge is 2.07. The first-order valence-corrected chi connectivity index (χ1v) is 10.4. The van der Waals surface area contributed by atoms with E-state index in [9.17, 15) is 9.90 Å². The molecule has 6 heteroatoms. The zero-order valence-corrected chi connectivity index (χ0v) is 19.0. The zero-order chi connectivity index (χ0) is 21.3. The molecule has 0 aliphatic rings. The van der Waals surface area contributed by atoms with Crippen molar-refractivity contribution in [3.8, 4) is 5.75 Å². The van der Waals surface area contributed by atoms with E-state index in [1.54, 1.807) is 12.1 Å². The van der Waals surface area contributed by atoms with E-state index < -0.39 is 6.10 Å². The molecule has 31 heavy (non-hydrogen) atoms. The summed E-state index contributed by atoms with van der Waals surface area (Å²) in [6, 6.07) is 23.4. The number of nitrogens with one attached hydrogen (secondary N) is 1. The molecular weight excluding hydrogens is 433 g/mol. The monoisotopic (exact) mass is 459 g/mol. The average Bonchev–Trinajstić information content (AvgIpc) is 2.73. The molecule has 0 heterocycles. The summed E-state index contributed by atoms with van der Waals surface area (Å²) in [7, 11) is 0. The molecule has 1 atom stereocenters. The van der Waals surface area contributed by atoms with Crippen LogP contribution in [-0.4, -0.2) is 24.2 Å². The number of halogens is 2. The van der Waals surface area contributed by atoms with E-state index in [0.29, 0.717) is 17.3 Å². The Kier molecular flexibility index (Phi) is 10.0. The highest BCUT2D eigenvalue weighted by molar-refractivity contribution is 6.30. The standard InChI is InChI=1S/C25H26ClNO3.ClH/c1-18(28)30-24-11-9-21(10-12-24)15-20-7-5-19(6-8-20)13-14-27-17-25(29)22-3-2-4-23(26)16-22;/h2-12,16,25,27,29H,13-15,17H2,1H3;1H/t25-;/m1./s1. The first kappa shape index (κ1) is 24.9. The van der Waals surface area contributed by atoms with Crippen LogP contribution in [0.5, 0.6) is 5.75 Å². The van der Waals surface area contributed by atoms with Crippen LogP contribution in [0.2, 0.25) is 5.02 Å². The number of hydrogen-bond acceptors (Lipinski definition) is 4. The fourth-order valence-electron chi connectivity index (χ4n) is 3.20. The van der Waals surface area contributed by atoms with Crippen LogP contribution in [0.25, 0.3) is 0 Å². The molecule has 0 bridgehead atoms. The van der Waals surface area contributed by atoms with Gasteiger partial charge in [-0.2, -0.15) is 0 Å². The minimum atomic E-state index is -0.571. The van der Waals surface area contributed by atoms with Crippen molar-refractivity contribution in [2.75, 3.05) is 13.1 Å². The molecule has 0 aliphatic heterocycles. The Morgan fingerprint density at radius 1 is 1.00 bits per heavy atom. The maximum atomic E-state index is 11.0. The van der Waals surface area contributed by atoms with Crippen LogP contribution < -0.4 is 10.1 Å². The van der Waals surface area contributed by atoms with Crippen molar-refractivity contribution in [2.45, 2.75) is 25.9 Å². The zero-order valence-electron chi connectivity index (χ0n) is 17.4. The van der Waals surface area contributed by atoms with Gasteiger partial charge >= 0.3 is 5.97 Å². The number of hydrogen-bond donors (Lipinski definition) is 2. The molecule has 164 valence electrons. The van der Waals surface area contributed by atoms with Gasteiger partial charge < -0.3 is 15.2 Å². The molecule has 0 aliphatic carbocycles. The Labute approximate surface area is 194 Å². The lowest BCUT2D eigenvalue weighted by atomic mass is 10.0. The highest BCUT2D eigenvalue weighted by Crippen LogP contribution is 2.18. The second-order valence-corrected chi connectivity index (χ2v) is 7.69. The van der Waals surface area contributed by atoms with Gasteiger partial charge in [-0.15, -0.1) is 12.4 Å². The van der Waals surface area contributed by atoms with Gasteiger partial charge in [-0.05, 0) is 65.9 Å². The smallest absolute Gasteiger partial charge is 0.308 e. The van der Waals surface area contributed by atoms with Crippen molar-refractivity contribution in [2.24, 2.45) is 0 Å². The largest absolute Gasteiger partial charge is 0.427 e. The van der Waals surface area contributed by atoms with E-state index in [0.717, 1.165) is 30.5 Å². The Morgan fingerprint density at radius 2 is 1.61 bits per heavy atom. The van der Waals surface area contributed by atoms with Crippen LogP contribution in [0.4, 0.5) is 0 Å². The van der Waals surface area contributed by atoms with Gasteiger partial charge in [-0.3, -0.25) is 4.79 Å². The summed E-state index contributed by atoms with van der Waals surface area (Å²) in [5, 5.41) is 14.2. The predicted molar refractivity (Wildman–Crippen MR) is 127 cm³/mol. The minimum Gasteiger partial charge on any atom is -0.427 e. The normalized spacial score (nSPS) is 11.5. The van der Waals surface area contributed by atoms with E-state index in [-0.39, 0.29) is 18.4 Å². The van der Waals surface area contributed by atoms with Crippen LogP contribution in [0.1, 0.15) is 35.3 Å². The van der Waals surface area contributed by atoms with Gasteiger partial charge in [0, 0.05) is 18.5 Å². The molecule has 4 nitrogen and oxygen atoms in total. The van der Waals surface area contributed by atoms with Crippen molar-refractivity contribution in [3.63, 3.8) is 0 Å². The van der Waals surface area contributed by atoms with Gasteiger partial charge in [0.05, 0.1) is 6.10 Å². The predicted octanol–water partition coefficient (Wildman–Crippen LogP) is 5.14. The van der Waals surface area contributed by atoms with Crippen LogP contribution in [0.3, 0.4) is 0 Å². The van der Waals surface area contributed by atoms with Crippen molar-refractivity contribution in [1.82, 2.24) is 5.32 Å². The second-order valence-electron chi connectivity index (χ2n) is 7.26. The molecule has 0 radical (unpaired) electrons. The maximum absolute atomic E-state index is 11.0. The average molecular weight is 460 g/mol.